The Bertz CT molecular complexity index is 757. The highest BCUT2D eigenvalue weighted by Crippen LogP contribution is 2.17. The summed E-state index contributed by atoms with van der Waals surface area (Å²) in [4.78, 5) is 24.8. The highest BCUT2D eigenvalue weighted by Gasteiger charge is 2.30. The Kier molecular flexibility index (Phi) is 4.99. The summed E-state index contributed by atoms with van der Waals surface area (Å²) in [5.41, 5.74) is 0. The number of benzene rings is 1. The van der Waals surface area contributed by atoms with Crippen molar-refractivity contribution in [1.29, 1.82) is 0 Å². The van der Waals surface area contributed by atoms with Crippen molar-refractivity contribution in [3.8, 4) is 5.75 Å². The molecule has 0 bridgehead atoms. The van der Waals surface area contributed by atoms with Gasteiger partial charge in [0.15, 0.2) is 11.9 Å². The second kappa shape index (κ2) is 7.35. The number of furan rings is 1. The molecule has 1 aliphatic heterocycles. The number of aliphatic carboxylic acids is 1. The minimum atomic E-state index is -1.11. The molecular formula is C17H16FNO6. The lowest BCUT2D eigenvalue weighted by Crippen LogP contribution is -2.48. The zero-order valence-corrected chi connectivity index (χ0v) is 13.2. The fourth-order valence-electron chi connectivity index (χ4n) is 2.39. The molecule has 1 N–H and O–H groups in total. The first-order chi connectivity index (χ1) is 12.0. The van der Waals surface area contributed by atoms with Crippen molar-refractivity contribution in [2.24, 2.45) is 0 Å². The van der Waals surface area contributed by atoms with Gasteiger partial charge in [0.05, 0.1) is 13.2 Å². The van der Waals surface area contributed by atoms with Crippen molar-refractivity contribution in [1.82, 2.24) is 4.90 Å². The molecule has 132 valence electrons. The molecule has 1 aromatic carbocycles. The van der Waals surface area contributed by atoms with E-state index in [0.29, 0.717) is 18.1 Å². The summed E-state index contributed by atoms with van der Waals surface area (Å²) in [5.74, 6) is -0.862. The van der Waals surface area contributed by atoms with E-state index in [1.807, 2.05) is 0 Å². The standard InChI is InChI=1S/C17H16FNO6/c18-11-1-3-12(4-2-11)24-10-13-5-6-14(25-13)16(20)19-7-8-23-15(9-19)17(21)22/h1-6,15H,7-10H2,(H,21,22)/t15-/m0/s1. The van der Waals surface area contributed by atoms with Crippen LogP contribution in [0.2, 0.25) is 0 Å². The number of hydrogen-bond acceptors (Lipinski definition) is 5. The van der Waals surface area contributed by atoms with Crippen molar-refractivity contribution in [2.75, 3.05) is 19.7 Å². The first-order valence-electron chi connectivity index (χ1n) is 7.63. The van der Waals surface area contributed by atoms with Crippen LogP contribution in [-0.4, -0.2) is 47.7 Å². The molecule has 1 saturated heterocycles. The molecule has 7 nitrogen and oxygen atoms in total. The van der Waals surface area contributed by atoms with Gasteiger partial charge >= 0.3 is 5.97 Å². The molecule has 3 rings (SSSR count). The van der Waals surface area contributed by atoms with Crippen LogP contribution in [0.3, 0.4) is 0 Å². The number of carboxylic acids is 1. The van der Waals surface area contributed by atoms with Crippen LogP contribution in [0.15, 0.2) is 40.8 Å². The zero-order valence-electron chi connectivity index (χ0n) is 13.2. The van der Waals surface area contributed by atoms with Crippen LogP contribution in [-0.2, 0) is 16.1 Å². The van der Waals surface area contributed by atoms with Crippen molar-refractivity contribution >= 4 is 11.9 Å². The number of carboxylic acid groups (broad SMARTS) is 1. The summed E-state index contributed by atoms with van der Waals surface area (Å²) in [6.07, 6.45) is -1.03. The molecule has 0 saturated carbocycles. The summed E-state index contributed by atoms with van der Waals surface area (Å²) in [5, 5.41) is 8.98. The number of rotatable bonds is 5. The minimum absolute atomic E-state index is 0.0315. The van der Waals surface area contributed by atoms with Gasteiger partial charge in [0.1, 0.15) is 23.9 Å². The molecule has 1 amide bonds. The van der Waals surface area contributed by atoms with Crippen LogP contribution in [0, 0.1) is 5.82 Å². The van der Waals surface area contributed by atoms with E-state index in [1.54, 1.807) is 6.07 Å². The topological polar surface area (TPSA) is 89.2 Å². The number of halogens is 1. The SMILES string of the molecule is O=C(O)[C@@H]1CN(C(=O)c2ccc(COc3ccc(F)cc3)o2)CCO1. The number of nitrogens with zero attached hydrogens (tertiary/aromatic N) is 1. The number of hydrogen-bond donors (Lipinski definition) is 1. The van der Waals surface area contributed by atoms with Gasteiger partial charge in [0, 0.05) is 6.54 Å². The van der Waals surface area contributed by atoms with Crippen molar-refractivity contribution in [3.05, 3.63) is 53.7 Å². The quantitative estimate of drug-likeness (QED) is 0.887. The second-order valence-corrected chi connectivity index (χ2v) is 5.46. The molecule has 0 radical (unpaired) electrons. The molecule has 8 heteroatoms. The molecule has 0 unspecified atom stereocenters. The average molecular weight is 349 g/mol. The molecule has 25 heavy (non-hydrogen) atoms. The molecule has 0 aliphatic carbocycles. The lowest BCUT2D eigenvalue weighted by molar-refractivity contribution is -0.154. The van der Waals surface area contributed by atoms with Crippen LogP contribution in [0.5, 0.6) is 5.75 Å². The highest BCUT2D eigenvalue weighted by molar-refractivity contribution is 5.92. The zero-order chi connectivity index (χ0) is 17.8. The Morgan fingerprint density at radius 1 is 1.24 bits per heavy atom. The third kappa shape index (κ3) is 4.16. The molecule has 1 atom stereocenters. The van der Waals surface area contributed by atoms with Gasteiger partial charge < -0.3 is 23.9 Å². The van der Waals surface area contributed by atoms with E-state index in [0.717, 1.165) is 0 Å². The Morgan fingerprint density at radius 2 is 2.00 bits per heavy atom. The first kappa shape index (κ1) is 17.0. The maximum atomic E-state index is 12.8. The second-order valence-electron chi connectivity index (χ2n) is 5.46. The number of ether oxygens (including phenoxy) is 2. The van der Waals surface area contributed by atoms with Crippen LogP contribution in [0.25, 0.3) is 0 Å². The minimum Gasteiger partial charge on any atom is -0.486 e. The largest absolute Gasteiger partial charge is 0.486 e. The van der Waals surface area contributed by atoms with E-state index >= 15 is 0 Å². The van der Waals surface area contributed by atoms with Crippen molar-refractivity contribution in [2.45, 2.75) is 12.7 Å². The van der Waals surface area contributed by atoms with Gasteiger partial charge in [0.2, 0.25) is 0 Å². The summed E-state index contributed by atoms with van der Waals surface area (Å²) in [6.45, 7) is 0.505. The summed E-state index contributed by atoms with van der Waals surface area (Å²) >= 11 is 0. The van der Waals surface area contributed by atoms with E-state index in [1.165, 1.54) is 35.2 Å². The third-order valence-electron chi connectivity index (χ3n) is 3.70. The van der Waals surface area contributed by atoms with Gasteiger partial charge in [-0.25, -0.2) is 9.18 Å². The maximum absolute atomic E-state index is 12.8. The van der Waals surface area contributed by atoms with Crippen LogP contribution < -0.4 is 4.74 Å². The molecule has 2 heterocycles. The van der Waals surface area contributed by atoms with Gasteiger partial charge in [-0.2, -0.15) is 0 Å². The lowest BCUT2D eigenvalue weighted by atomic mass is 10.2. The number of carbonyl (C=O) groups excluding carboxylic acids is 1. The van der Waals surface area contributed by atoms with Gasteiger partial charge in [-0.15, -0.1) is 0 Å². The Balaban J connectivity index is 1.59. The van der Waals surface area contributed by atoms with E-state index < -0.39 is 18.0 Å². The molecule has 1 fully saturated rings. The predicted molar refractivity (Wildman–Crippen MR) is 82.7 cm³/mol. The van der Waals surface area contributed by atoms with E-state index in [9.17, 15) is 14.0 Å². The highest BCUT2D eigenvalue weighted by atomic mass is 19.1. The maximum Gasteiger partial charge on any atom is 0.334 e. The van der Waals surface area contributed by atoms with Gasteiger partial charge in [0.25, 0.3) is 5.91 Å². The monoisotopic (exact) mass is 349 g/mol. The molecular weight excluding hydrogens is 333 g/mol. The first-order valence-corrected chi connectivity index (χ1v) is 7.63. The van der Waals surface area contributed by atoms with Crippen molar-refractivity contribution < 1.29 is 33.0 Å². The Labute approximate surface area is 142 Å². The molecule has 0 spiro atoms. The average Bonchev–Trinajstić information content (AvgIpc) is 3.09. The molecule has 2 aromatic rings. The number of carbonyl (C=O) groups is 2. The number of amides is 1. The van der Waals surface area contributed by atoms with Gasteiger partial charge in [-0.3, -0.25) is 4.79 Å². The van der Waals surface area contributed by atoms with Gasteiger partial charge in [-0.1, -0.05) is 0 Å². The van der Waals surface area contributed by atoms with E-state index in [-0.39, 0.29) is 31.3 Å². The molecule has 1 aromatic heterocycles. The van der Waals surface area contributed by atoms with E-state index in [2.05, 4.69) is 0 Å². The van der Waals surface area contributed by atoms with Crippen LogP contribution >= 0.6 is 0 Å². The van der Waals surface area contributed by atoms with Crippen LogP contribution in [0.1, 0.15) is 16.3 Å². The van der Waals surface area contributed by atoms with Crippen molar-refractivity contribution in [3.63, 3.8) is 0 Å². The lowest BCUT2D eigenvalue weighted by Gasteiger charge is -2.30. The van der Waals surface area contributed by atoms with Crippen LogP contribution in [0.4, 0.5) is 4.39 Å². The fourth-order valence-corrected chi connectivity index (χ4v) is 2.39. The smallest absolute Gasteiger partial charge is 0.334 e. The van der Waals surface area contributed by atoms with E-state index in [4.69, 9.17) is 19.0 Å². The normalized spacial score (nSPS) is 17.3. The predicted octanol–water partition coefficient (Wildman–Crippen LogP) is 1.92. The Hall–Kier alpha value is -2.87. The molecule has 1 aliphatic rings. The Morgan fingerprint density at radius 3 is 2.72 bits per heavy atom. The summed E-state index contributed by atoms with van der Waals surface area (Å²) < 4.78 is 28.8. The number of morpholine rings is 1. The fraction of sp³-hybridized carbons (Fsp3) is 0.294. The summed E-state index contributed by atoms with van der Waals surface area (Å²) in [6, 6.07) is 8.66. The van der Waals surface area contributed by atoms with Gasteiger partial charge in [-0.05, 0) is 36.4 Å². The summed E-state index contributed by atoms with van der Waals surface area (Å²) in [7, 11) is 0. The third-order valence-corrected chi connectivity index (χ3v) is 3.70.